The van der Waals surface area contributed by atoms with Crippen LogP contribution >= 0.6 is 0 Å². The van der Waals surface area contributed by atoms with E-state index in [2.05, 4.69) is 53.5 Å². The number of rotatable bonds is 1. The molecule has 2 fully saturated rings. The average Bonchev–Trinajstić information content (AvgIpc) is 2.51. The van der Waals surface area contributed by atoms with Gasteiger partial charge in [0.2, 0.25) is 0 Å². The highest BCUT2D eigenvalue weighted by Crippen LogP contribution is 2.66. The van der Waals surface area contributed by atoms with Crippen LogP contribution in [0.5, 0.6) is 0 Å². The number of Topliss-reactive ketones (excluding diaryl/α,β-unsaturated/α-hetero) is 1. The SMILES string of the molecule is CC(=O)C1(C)C2[C@@H](C(C)N1C)C(C)(C)CC2(C)C. The Bertz CT molecular complexity index is 385. The van der Waals surface area contributed by atoms with Gasteiger partial charge in [-0.25, -0.2) is 0 Å². The summed E-state index contributed by atoms with van der Waals surface area (Å²) < 4.78 is 0. The number of fused-ring (bicyclic) bond motifs is 1. The Morgan fingerprint density at radius 2 is 1.61 bits per heavy atom. The summed E-state index contributed by atoms with van der Waals surface area (Å²) in [7, 11) is 2.14. The second-order valence-electron chi connectivity index (χ2n) is 8.21. The fourth-order valence-corrected chi connectivity index (χ4v) is 5.73. The number of carbonyl (C=O) groups is 1. The van der Waals surface area contributed by atoms with Gasteiger partial charge in [-0.2, -0.15) is 0 Å². The Balaban J connectivity index is 2.59. The van der Waals surface area contributed by atoms with Crippen LogP contribution in [-0.2, 0) is 4.79 Å². The first-order chi connectivity index (χ1) is 7.96. The summed E-state index contributed by atoms with van der Waals surface area (Å²) in [6.07, 6.45) is 1.22. The van der Waals surface area contributed by atoms with Crippen molar-refractivity contribution in [2.75, 3.05) is 7.05 Å². The highest BCUT2D eigenvalue weighted by Gasteiger charge is 2.67. The Morgan fingerprint density at radius 3 is 2.06 bits per heavy atom. The summed E-state index contributed by atoms with van der Waals surface area (Å²) in [4.78, 5) is 14.7. The van der Waals surface area contributed by atoms with Crippen LogP contribution in [-0.4, -0.2) is 29.3 Å². The van der Waals surface area contributed by atoms with E-state index in [1.807, 2.05) is 0 Å². The van der Waals surface area contributed by atoms with Crippen molar-refractivity contribution in [2.45, 2.75) is 66.5 Å². The number of nitrogens with zero attached hydrogens (tertiary/aromatic N) is 1. The lowest BCUT2D eigenvalue weighted by molar-refractivity contribution is -0.130. The maximum atomic E-state index is 12.3. The number of ketones is 1. The summed E-state index contributed by atoms with van der Waals surface area (Å²) >= 11 is 0. The first kappa shape index (κ1) is 14.0. The number of hydrogen-bond acceptors (Lipinski definition) is 2. The minimum absolute atomic E-state index is 0.244. The van der Waals surface area contributed by atoms with E-state index in [0.29, 0.717) is 29.1 Å². The third kappa shape index (κ3) is 1.47. The van der Waals surface area contributed by atoms with Gasteiger partial charge >= 0.3 is 0 Å². The second kappa shape index (κ2) is 3.59. The van der Waals surface area contributed by atoms with E-state index in [4.69, 9.17) is 0 Å². The minimum Gasteiger partial charge on any atom is -0.298 e. The molecule has 1 aliphatic heterocycles. The van der Waals surface area contributed by atoms with Gasteiger partial charge in [0.05, 0.1) is 5.54 Å². The third-order valence-electron chi connectivity index (χ3n) is 6.20. The fourth-order valence-electron chi connectivity index (χ4n) is 5.73. The standard InChI is InChI=1S/C16H29NO/c1-10-12-13(15(5,6)9-14(12,3)4)16(7,11(2)18)17(10)8/h10,12-13H,9H2,1-8H3/t10?,12-,13?,16?/m1/s1. The van der Waals surface area contributed by atoms with Crippen LogP contribution in [0.15, 0.2) is 0 Å². The predicted molar refractivity (Wildman–Crippen MR) is 75.5 cm³/mol. The summed E-state index contributed by atoms with van der Waals surface area (Å²) in [6.45, 7) is 15.7. The van der Waals surface area contributed by atoms with Crippen molar-refractivity contribution in [3.8, 4) is 0 Å². The fraction of sp³-hybridized carbons (Fsp3) is 0.938. The van der Waals surface area contributed by atoms with E-state index in [1.54, 1.807) is 6.92 Å². The summed E-state index contributed by atoms with van der Waals surface area (Å²) in [6, 6.07) is 0.487. The third-order valence-corrected chi connectivity index (χ3v) is 6.20. The van der Waals surface area contributed by atoms with E-state index in [9.17, 15) is 4.79 Å². The monoisotopic (exact) mass is 251 g/mol. The van der Waals surface area contributed by atoms with Crippen LogP contribution in [0.1, 0.15) is 54.9 Å². The number of likely N-dealkylation sites (N-methyl/N-ethyl adjacent to an activating group) is 1. The van der Waals surface area contributed by atoms with Gasteiger partial charge in [0, 0.05) is 6.04 Å². The molecule has 18 heavy (non-hydrogen) atoms. The van der Waals surface area contributed by atoms with E-state index >= 15 is 0 Å². The van der Waals surface area contributed by atoms with Crippen LogP contribution in [0.2, 0.25) is 0 Å². The smallest absolute Gasteiger partial charge is 0.150 e. The van der Waals surface area contributed by atoms with Crippen molar-refractivity contribution in [1.29, 1.82) is 0 Å². The molecule has 2 rings (SSSR count). The molecule has 0 radical (unpaired) electrons. The van der Waals surface area contributed by atoms with Crippen LogP contribution in [0.3, 0.4) is 0 Å². The van der Waals surface area contributed by atoms with Gasteiger partial charge in [0.25, 0.3) is 0 Å². The van der Waals surface area contributed by atoms with Crippen molar-refractivity contribution < 1.29 is 4.79 Å². The minimum atomic E-state index is -0.290. The molecular weight excluding hydrogens is 222 g/mol. The van der Waals surface area contributed by atoms with Gasteiger partial charge in [0.1, 0.15) is 5.78 Å². The van der Waals surface area contributed by atoms with Gasteiger partial charge in [0.15, 0.2) is 0 Å². The van der Waals surface area contributed by atoms with Crippen molar-refractivity contribution in [3.05, 3.63) is 0 Å². The normalized spacial score (nSPS) is 46.1. The first-order valence-corrected chi connectivity index (χ1v) is 7.20. The molecule has 4 atom stereocenters. The van der Waals surface area contributed by atoms with E-state index in [1.165, 1.54) is 6.42 Å². The number of carbonyl (C=O) groups excluding carboxylic acids is 1. The van der Waals surface area contributed by atoms with Gasteiger partial charge in [-0.3, -0.25) is 9.69 Å². The molecule has 0 amide bonds. The van der Waals surface area contributed by atoms with E-state index in [0.717, 1.165) is 0 Å². The van der Waals surface area contributed by atoms with Crippen LogP contribution < -0.4 is 0 Å². The van der Waals surface area contributed by atoms with Crippen LogP contribution in [0.4, 0.5) is 0 Å². The highest BCUT2D eigenvalue weighted by molar-refractivity contribution is 5.87. The van der Waals surface area contributed by atoms with Gasteiger partial charge in [-0.1, -0.05) is 27.7 Å². The van der Waals surface area contributed by atoms with Crippen LogP contribution in [0, 0.1) is 22.7 Å². The Morgan fingerprint density at radius 1 is 1.11 bits per heavy atom. The largest absolute Gasteiger partial charge is 0.298 e. The molecule has 0 bridgehead atoms. The maximum absolute atomic E-state index is 12.3. The molecule has 2 heteroatoms. The molecule has 104 valence electrons. The van der Waals surface area contributed by atoms with Gasteiger partial charge in [-0.15, -0.1) is 0 Å². The molecule has 1 aliphatic carbocycles. The predicted octanol–water partition coefficient (Wildman–Crippen LogP) is 3.36. The summed E-state index contributed by atoms with van der Waals surface area (Å²) in [5, 5.41) is 0. The molecule has 0 aromatic carbocycles. The highest BCUT2D eigenvalue weighted by atomic mass is 16.1. The maximum Gasteiger partial charge on any atom is 0.150 e. The molecule has 0 spiro atoms. The molecular formula is C16H29NO. The average molecular weight is 251 g/mol. The molecule has 1 heterocycles. The van der Waals surface area contributed by atoms with Crippen LogP contribution in [0.25, 0.3) is 0 Å². The lowest BCUT2D eigenvalue weighted by Gasteiger charge is -2.42. The zero-order valence-corrected chi connectivity index (χ0v) is 13.3. The Kier molecular flexibility index (Phi) is 2.80. The molecule has 2 nitrogen and oxygen atoms in total. The molecule has 1 saturated heterocycles. The topological polar surface area (TPSA) is 20.3 Å². The van der Waals surface area contributed by atoms with Crippen molar-refractivity contribution >= 4 is 5.78 Å². The summed E-state index contributed by atoms with van der Waals surface area (Å²) in [5.41, 5.74) is 0.282. The lowest BCUT2D eigenvalue weighted by atomic mass is 9.67. The molecule has 2 aliphatic rings. The molecule has 0 N–H and O–H groups in total. The van der Waals surface area contributed by atoms with E-state index in [-0.39, 0.29) is 11.0 Å². The van der Waals surface area contributed by atoms with Crippen molar-refractivity contribution in [2.24, 2.45) is 22.7 Å². The van der Waals surface area contributed by atoms with E-state index < -0.39 is 0 Å². The molecule has 0 aromatic heterocycles. The van der Waals surface area contributed by atoms with Crippen molar-refractivity contribution in [1.82, 2.24) is 4.90 Å². The van der Waals surface area contributed by atoms with Gasteiger partial charge < -0.3 is 0 Å². The molecule has 0 aromatic rings. The van der Waals surface area contributed by atoms with Crippen molar-refractivity contribution in [3.63, 3.8) is 0 Å². The molecule has 1 saturated carbocycles. The zero-order valence-electron chi connectivity index (χ0n) is 13.3. The Labute approximate surface area is 112 Å². The summed E-state index contributed by atoms with van der Waals surface area (Å²) in [5.74, 6) is 1.42. The quantitative estimate of drug-likeness (QED) is 0.712. The Hall–Kier alpha value is -0.370. The molecule has 3 unspecified atom stereocenters. The number of hydrogen-bond donors (Lipinski definition) is 0. The van der Waals surface area contributed by atoms with Gasteiger partial charge in [-0.05, 0) is 56.9 Å². The zero-order chi connectivity index (χ0) is 14.1. The lowest BCUT2D eigenvalue weighted by Crippen LogP contribution is -2.53. The second-order valence-corrected chi connectivity index (χ2v) is 8.21. The first-order valence-electron chi connectivity index (χ1n) is 7.20. The number of likely N-dealkylation sites (tertiary alicyclic amines) is 1.